The molecular formula is C19H25N5O4. The summed E-state index contributed by atoms with van der Waals surface area (Å²) in [4.78, 5) is 23.9. The molecule has 1 saturated heterocycles. The molecule has 28 heavy (non-hydrogen) atoms. The number of nitrogens with zero attached hydrogens (tertiary/aromatic N) is 4. The predicted molar refractivity (Wildman–Crippen MR) is 106 cm³/mol. The van der Waals surface area contributed by atoms with E-state index >= 15 is 0 Å². The normalized spacial score (nSPS) is 13.9. The van der Waals surface area contributed by atoms with Gasteiger partial charge in [-0.3, -0.25) is 4.79 Å². The van der Waals surface area contributed by atoms with Crippen LogP contribution in [0.25, 0.3) is 0 Å². The number of benzene rings is 1. The van der Waals surface area contributed by atoms with Gasteiger partial charge in [-0.05, 0) is 6.92 Å². The molecule has 150 valence electrons. The van der Waals surface area contributed by atoms with E-state index in [1.54, 1.807) is 38.4 Å². The first-order chi connectivity index (χ1) is 13.6. The summed E-state index contributed by atoms with van der Waals surface area (Å²) in [6.45, 7) is 4.76. The Balaban J connectivity index is 1.85. The molecule has 1 N–H and O–H groups in total. The van der Waals surface area contributed by atoms with Gasteiger partial charge in [0.15, 0.2) is 11.5 Å². The number of nitrogens with one attached hydrogen (secondary N) is 1. The number of rotatable bonds is 7. The van der Waals surface area contributed by atoms with Gasteiger partial charge in [0.05, 0.1) is 21.3 Å². The van der Waals surface area contributed by atoms with Crippen molar-refractivity contribution in [3.05, 3.63) is 23.9 Å². The number of anilines is 3. The van der Waals surface area contributed by atoms with E-state index in [1.165, 1.54) is 0 Å². The van der Waals surface area contributed by atoms with Gasteiger partial charge in [0.25, 0.3) is 0 Å². The van der Waals surface area contributed by atoms with Gasteiger partial charge in [-0.1, -0.05) is 0 Å². The van der Waals surface area contributed by atoms with Crippen LogP contribution in [0, 0.1) is 6.92 Å². The van der Waals surface area contributed by atoms with Gasteiger partial charge in [-0.2, -0.15) is 4.98 Å². The van der Waals surface area contributed by atoms with Gasteiger partial charge >= 0.3 is 0 Å². The topological polar surface area (TPSA) is 89.1 Å². The summed E-state index contributed by atoms with van der Waals surface area (Å²) in [5, 5.41) is 3.21. The smallest absolute Gasteiger partial charge is 0.229 e. The monoisotopic (exact) mass is 387 g/mol. The summed E-state index contributed by atoms with van der Waals surface area (Å²) >= 11 is 0. The van der Waals surface area contributed by atoms with Gasteiger partial charge in [0.1, 0.15) is 5.82 Å². The number of carbonyl (C=O) groups excluding carboxylic acids is 1. The van der Waals surface area contributed by atoms with E-state index in [0.29, 0.717) is 36.3 Å². The Bertz CT molecular complexity index is 812. The molecule has 9 heteroatoms. The molecule has 1 amide bonds. The Morgan fingerprint density at radius 1 is 0.964 bits per heavy atom. The molecule has 1 fully saturated rings. The standard InChI is InChI=1S/C19H25N5O4/c1-13-9-17(24-7-5-23(12-25)6-8-24)22-19(20-13)21-14-10-15(26-2)18(28-4)16(11-14)27-3/h9-12H,5-8H2,1-4H3,(H,20,21,22). The molecule has 1 aromatic carbocycles. The minimum absolute atomic E-state index is 0.474. The zero-order chi connectivity index (χ0) is 20.1. The SMILES string of the molecule is COc1cc(Nc2nc(C)cc(N3CCN(C=O)CC3)n2)cc(OC)c1OC. The molecule has 0 radical (unpaired) electrons. The predicted octanol–water partition coefficient (Wildman–Crippen LogP) is 1.83. The van der Waals surface area contributed by atoms with Crippen molar-refractivity contribution in [1.82, 2.24) is 14.9 Å². The Labute approximate surface area is 164 Å². The highest BCUT2D eigenvalue weighted by molar-refractivity contribution is 5.66. The number of hydrogen-bond donors (Lipinski definition) is 1. The fourth-order valence-electron chi connectivity index (χ4n) is 3.11. The minimum atomic E-state index is 0.474. The third-order valence-electron chi connectivity index (χ3n) is 4.55. The first kappa shape index (κ1) is 19.5. The van der Waals surface area contributed by atoms with Gasteiger partial charge < -0.3 is 29.3 Å². The Kier molecular flexibility index (Phi) is 6.03. The van der Waals surface area contributed by atoms with E-state index in [2.05, 4.69) is 20.2 Å². The summed E-state index contributed by atoms with van der Waals surface area (Å²) in [5.74, 6) is 2.91. The van der Waals surface area contributed by atoms with E-state index in [9.17, 15) is 4.79 Å². The molecule has 0 saturated carbocycles. The van der Waals surface area contributed by atoms with Crippen molar-refractivity contribution in [2.75, 3.05) is 57.7 Å². The van der Waals surface area contributed by atoms with E-state index in [1.807, 2.05) is 13.0 Å². The van der Waals surface area contributed by atoms with Gasteiger partial charge in [0.2, 0.25) is 18.1 Å². The van der Waals surface area contributed by atoms with Crippen LogP contribution in [0.3, 0.4) is 0 Å². The molecule has 1 aliphatic rings. The summed E-state index contributed by atoms with van der Waals surface area (Å²) < 4.78 is 16.1. The highest BCUT2D eigenvalue weighted by Gasteiger charge is 2.18. The second-order valence-electron chi connectivity index (χ2n) is 6.36. The molecule has 2 heterocycles. The summed E-state index contributed by atoms with van der Waals surface area (Å²) in [7, 11) is 4.70. The molecule has 3 rings (SSSR count). The molecule has 0 atom stereocenters. The van der Waals surface area contributed by atoms with Crippen molar-refractivity contribution in [3.8, 4) is 17.2 Å². The first-order valence-electron chi connectivity index (χ1n) is 8.95. The van der Waals surface area contributed by atoms with Crippen LogP contribution in [0.15, 0.2) is 18.2 Å². The van der Waals surface area contributed by atoms with E-state index in [-0.39, 0.29) is 0 Å². The Hall–Kier alpha value is -3.23. The van der Waals surface area contributed by atoms with Crippen molar-refractivity contribution < 1.29 is 19.0 Å². The van der Waals surface area contributed by atoms with Crippen LogP contribution < -0.4 is 24.4 Å². The molecule has 0 unspecified atom stereocenters. The number of aryl methyl sites for hydroxylation is 1. The average Bonchev–Trinajstić information content (AvgIpc) is 2.72. The lowest BCUT2D eigenvalue weighted by Crippen LogP contribution is -2.46. The van der Waals surface area contributed by atoms with Gasteiger partial charge in [0, 0.05) is 55.8 Å². The molecule has 0 spiro atoms. The molecule has 1 aliphatic heterocycles. The molecule has 1 aromatic heterocycles. The number of carbonyl (C=O) groups is 1. The van der Waals surface area contributed by atoms with Crippen LogP contribution in [-0.4, -0.2) is 68.8 Å². The number of methoxy groups -OCH3 is 3. The summed E-state index contributed by atoms with van der Waals surface area (Å²) in [6.07, 6.45) is 0.889. The van der Waals surface area contributed by atoms with Crippen LogP contribution in [0.4, 0.5) is 17.5 Å². The lowest BCUT2D eigenvalue weighted by atomic mass is 10.2. The zero-order valence-corrected chi connectivity index (χ0v) is 16.6. The Morgan fingerprint density at radius 2 is 1.61 bits per heavy atom. The maximum absolute atomic E-state index is 10.9. The quantitative estimate of drug-likeness (QED) is 0.720. The van der Waals surface area contributed by atoms with Gasteiger partial charge in [-0.15, -0.1) is 0 Å². The number of hydrogen-bond acceptors (Lipinski definition) is 8. The fourth-order valence-corrected chi connectivity index (χ4v) is 3.11. The minimum Gasteiger partial charge on any atom is -0.493 e. The third-order valence-corrected chi connectivity index (χ3v) is 4.55. The first-order valence-corrected chi connectivity index (χ1v) is 8.95. The lowest BCUT2D eigenvalue weighted by molar-refractivity contribution is -0.118. The third kappa shape index (κ3) is 4.19. The fraction of sp³-hybridized carbons (Fsp3) is 0.421. The summed E-state index contributed by atoms with van der Waals surface area (Å²) in [6, 6.07) is 5.54. The molecular weight excluding hydrogens is 362 g/mol. The zero-order valence-electron chi connectivity index (χ0n) is 16.6. The number of piperazine rings is 1. The van der Waals surface area contributed by atoms with Crippen molar-refractivity contribution in [1.29, 1.82) is 0 Å². The molecule has 0 aliphatic carbocycles. The molecule has 2 aromatic rings. The average molecular weight is 387 g/mol. The number of amides is 1. The highest BCUT2D eigenvalue weighted by atomic mass is 16.5. The molecule has 9 nitrogen and oxygen atoms in total. The van der Waals surface area contributed by atoms with Crippen LogP contribution >= 0.6 is 0 Å². The van der Waals surface area contributed by atoms with Crippen LogP contribution in [0.2, 0.25) is 0 Å². The van der Waals surface area contributed by atoms with Crippen LogP contribution in [-0.2, 0) is 4.79 Å². The van der Waals surface area contributed by atoms with Crippen LogP contribution in [0.5, 0.6) is 17.2 Å². The maximum Gasteiger partial charge on any atom is 0.229 e. The second-order valence-corrected chi connectivity index (χ2v) is 6.36. The van der Waals surface area contributed by atoms with E-state index in [4.69, 9.17) is 14.2 Å². The largest absolute Gasteiger partial charge is 0.493 e. The number of ether oxygens (including phenoxy) is 3. The Morgan fingerprint density at radius 3 is 2.14 bits per heavy atom. The van der Waals surface area contributed by atoms with Crippen molar-refractivity contribution in [3.63, 3.8) is 0 Å². The van der Waals surface area contributed by atoms with Gasteiger partial charge in [-0.25, -0.2) is 4.98 Å². The maximum atomic E-state index is 10.9. The lowest BCUT2D eigenvalue weighted by Gasteiger charge is -2.33. The van der Waals surface area contributed by atoms with Crippen molar-refractivity contribution in [2.45, 2.75) is 6.92 Å². The van der Waals surface area contributed by atoms with E-state index in [0.717, 1.165) is 36.7 Å². The van der Waals surface area contributed by atoms with Crippen molar-refractivity contribution in [2.24, 2.45) is 0 Å². The highest BCUT2D eigenvalue weighted by Crippen LogP contribution is 2.40. The molecule has 0 bridgehead atoms. The number of aromatic nitrogens is 2. The summed E-state index contributed by atoms with van der Waals surface area (Å²) in [5.41, 5.74) is 1.56. The van der Waals surface area contributed by atoms with Crippen molar-refractivity contribution >= 4 is 23.9 Å². The van der Waals surface area contributed by atoms with Crippen LogP contribution in [0.1, 0.15) is 5.69 Å². The second kappa shape index (κ2) is 8.64. The van der Waals surface area contributed by atoms with E-state index < -0.39 is 0 Å².